The molecule has 1 aromatic heterocycles. The zero-order chi connectivity index (χ0) is 10.6. The third-order valence-electron chi connectivity index (χ3n) is 1.87. The highest BCUT2D eigenvalue weighted by Gasteiger charge is 2.14. The van der Waals surface area contributed by atoms with E-state index in [0.29, 0.717) is 23.5 Å². The molecule has 2 radical (unpaired) electrons. The lowest BCUT2D eigenvalue weighted by Gasteiger charge is -2.18. The molecule has 1 aromatic rings. The van der Waals surface area contributed by atoms with Crippen LogP contribution in [0.4, 0.5) is 0 Å². The van der Waals surface area contributed by atoms with Crippen molar-refractivity contribution in [3.8, 4) is 0 Å². The van der Waals surface area contributed by atoms with Crippen molar-refractivity contribution in [2.45, 2.75) is 6.92 Å². The molecule has 0 saturated carbocycles. The topological polar surface area (TPSA) is 40.5 Å². The molecular weight excluding hydrogens is 198 g/mol. The van der Waals surface area contributed by atoms with Gasteiger partial charge in [0.15, 0.2) is 0 Å². The van der Waals surface area contributed by atoms with E-state index >= 15 is 0 Å². The second-order valence-corrected chi connectivity index (χ2v) is 3.76. The standard InChI is InChI=1S/C10H13NO2S/c1-3-11(4-5-12)10(13)9-6-8(2)7-14-9/h2,6-7,12H,3-5H2,1H3. The maximum absolute atomic E-state index is 11.7. The first-order valence-electron chi connectivity index (χ1n) is 4.43. The SMILES string of the molecule is [CH]c1csc(C(=O)N(CC)CCO)c1. The number of thiophene rings is 1. The van der Waals surface area contributed by atoms with Crippen molar-refractivity contribution in [1.82, 2.24) is 4.90 Å². The van der Waals surface area contributed by atoms with Gasteiger partial charge in [-0.2, -0.15) is 0 Å². The first kappa shape index (κ1) is 11.2. The van der Waals surface area contributed by atoms with Crippen LogP contribution in [-0.2, 0) is 0 Å². The van der Waals surface area contributed by atoms with Gasteiger partial charge in [-0.3, -0.25) is 4.79 Å². The fourth-order valence-electron chi connectivity index (χ4n) is 1.14. The van der Waals surface area contributed by atoms with E-state index in [2.05, 4.69) is 0 Å². The van der Waals surface area contributed by atoms with Gasteiger partial charge in [-0.15, -0.1) is 11.3 Å². The van der Waals surface area contributed by atoms with Crippen molar-refractivity contribution in [2.24, 2.45) is 0 Å². The minimum absolute atomic E-state index is 0.0135. The highest BCUT2D eigenvalue weighted by Crippen LogP contribution is 2.15. The maximum atomic E-state index is 11.7. The molecule has 0 saturated heterocycles. The van der Waals surface area contributed by atoms with E-state index in [1.54, 1.807) is 16.3 Å². The number of aliphatic hydroxyl groups is 1. The molecule has 0 unspecified atom stereocenters. The van der Waals surface area contributed by atoms with E-state index in [1.807, 2.05) is 6.92 Å². The molecule has 3 nitrogen and oxygen atoms in total. The molecule has 0 aliphatic carbocycles. The highest BCUT2D eigenvalue weighted by molar-refractivity contribution is 7.12. The Morgan fingerprint density at radius 1 is 1.71 bits per heavy atom. The van der Waals surface area contributed by atoms with Crippen LogP contribution in [0.5, 0.6) is 0 Å². The number of carbonyl (C=O) groups excluding carboxylic acids is 1. The lowest BCUT2D eigenvalue weighted by molar-refractivity contribution is 0.0737. The van der Waals surface area contributed by atoms with Gasteiger partial charge in [0.05, 0.1) is 11.5 Å². The molecule has 14 heavy (non-hydrogen) atoms. The molecule has 1 amide bonds. The third-order valence-corrected chi connectivity index (χ3v) is 2.81. The summed E-state index contributed by atoms with van der Waals surface area (Å²) in [5, 5.41) is 10.5. The quantitative estimate of drug-likeness (QED) is 0.814. The Morgan fingerprint density at radius 2 is 2.43 bits per heavy atom. The number of hydrogen-bond acceptors (Lipinski definition) is 3. The summed E-state index contributed by atoms with van der Waals surface area (Å²) in [6.07, 6.45) is 0. The van der Waals surface area contributed by atoms with Crippen LogP contribution in [0.3, 0.4) is 0 Å². The molecule has 4 heteroatoms. The van der Waals surface area contributed by atoms with E-state index in [0.717, 1.165) is 0 Å². The summed E-state index contributed by atoms with van der Waals surface area (Å²) < 4.78 is 0. The fraction of sp³-hybridized carbons (Fsp3) is 0.400. The zero-order valence-electron chi connectivity index (χ0n) is 8.06. The monoisotopic (exact) mass is 211 g/mol. The van der Waals surface area contributed by atoms with E-state index in [-0.39, 0.29) is 12.5 Å². The summed E-state index contributed by atoms with van der Waals surface area (Å²) in [7, 11) is 0. The summed E-state index contributed by atoms with van der Waals surface area (Å²) in [6.45, 7) is 8.35. The highest BCUT2D eigenvalue weighted by atomic mass is 32.1. The Morgan fingerprint density at radius 3 is 2.86 bits per heavy atom. The van der Waals surface area contributed by atoms with Crippen LogP contribution >= 0.6 is 11.3 Å². The van der Waals surface area contributed by atoms with Crippen LogP contribution in [0.25, 0.3) is 0 Å². The van der Waals surface area contributed by atoms with Gasteiger partial charge in [-0.05, 0) is 30.9 Å². The Kier molecular flexibility index (Phi) is 4.10. The van der Waals surface area contributed by atoms with Crippen molar-refractivity contribution >= 4 is 17.2 Å². The predicted molar refractivity (Wildman–Crippen MR) is 56.4 cm³/mol. The van der Waals surface area contributed by atoms with Crippen LogP contribution in [0.2, 0.25) is 0 Å². The number of amides is 1. The number of likely N-dealkylation sites (N-methyl/N-ethyl adjacent to an activating group) is 1. The summed E-state index contributed by atoms with van der Waals surface area (Å²) in [6, 6.07) is 1.66. The molecule has 0 bridgehead atoms. The van der Waals surface area contributed by atoms with Gasteiger partial charge in [-0.1, -0.05) is 0 Å². The first-order valence-corrected chi connectivity index (χ1v) is 5.31. The lowest BCUT2D eigenvalue weighted by atomic mass is 10.3. The van der Waals surface area contributed by atoms with Crippen LogP contribution in [0, 0.1) is 6.92 Å². The fourth-order valence-corrected chi connectivity index (χ4v) is 1.91. The Bertz CT molecular complexity index is 309. The van der Waals surface area contributed by atoms with Crippen LogP contribution < -0.4 is 0 Å². The van der Waals surface area contributed by atoms with Gasteiger partial charge >= 0.3 is 0 Å². The molecule has 0 fully saturated rings. The molecule has 0 aliphatic rings. The number of carbonyl (C=O) groups is 1. The van der Waals surface area contributed by atoms with Crippen LogP contribution in [0.1, 0.15) is 22.2 Å². The molecule has 76 valence electrons. The molecule has 1 rings (SSSR count). The zero-order valence-corrected chi connectivity index (χ0v) is 8.88. The third kappa shape index (κ3) is 2.56. The summed E-state index contributed by atoms with van der Waals surface area (Å²) in [5.74, 6) is -0.0664. The number of rotatable bonds is 4. The molecule has 0 aromatic carbocycles. The lowest BCUT2D eigenvalue weighted by Crippen LogP contribution is -2.32. The smallest absolute Gasteiger partial charge is 0.263 e. The number of hydrogen-bond donors (Lipinski definition) is 1. The maximum Gasteiger partial charge on any atom is 0.263 e. The normalized spacial score (nSPS) is 10.2. The molecule has 0 aliphatic heterocycles. The van der Waals surface area contributed by atoms with Gasteiger partial charge in [0.1, 0.15) is 0 Å². The summed E-state index contributed by atoms with van der Waals surface area (Å²) in [5.41, 5.74) is 0.610. The Labute approximate surface area is 88.0 Å². The van der Waals surface area contributed by atoms with Crippen LogP contribution in [0.15, 0.2) is 11.4 Å². The van der Waals surface area contributed by atoms with Gasteiger partial charge in [-0.25, -0.2) is 0 Å². The minimum Gasteiger partial charge on any atom is -0.395 e. The van der Waals surface area contributed by atoms with E-state index in [4.69, 9.17) is 12.0 Å². The van der Waals surface area contributed by atoms with Crippen molar-refractivity contribution < 1.29 is 9.90 Å². The minimum atomic E-state index is -0.0664. The number of aliphatic hydroxyl groups excluding tert-OH is 1. The van der Waals surface area contributed by atoms with E-state index < -0.39 is 0 Å². The van der Waals surface area contributed by atoms with Gasteiger partial charge < -0.3 is 10.0 Å². The first-order chi connectivity index (χ1) is 6.69. The molecule has 0 atom stereocenters. The van der Waals surface area contributed by atoms with Crippen molar-refractivity contribution in [2.75, 3.05) is 19.7 Å². The molecule has 1 heterocycles. The summed E-state index contributed by atoms with van der Waals surface area (Å²) in [4.78, 5) is 14.0. The van der Waals surface area contributed by atoms with E-state index in [1.165, 1.54) is 11.3 Å². The number of nitrogens with zero attached hydrogens (tertiary/aromatic N) is 1. The average Bonchev–Trinajstić information content (AvgIpc) is 2.60. The second-order valence-electron chi connectivity index (χ2n) is 2.85. The van der Waals surface area contributed by atoms with Crippen molar-refractivity contribution in [1.29, 1.82) is 0 Å². The Balaban J connectivity index is 2.72. The molecular formula is C10H13NO2S. The van der Waals surface area contributed by atoms with Gasteiger partial charge in [0.25, 0.3) is 5.91 Å². The van der Waals surface area contributed by atoms with E-state index in [9.17, 15) is 4.79 Å². The van der Waals surface area contributed by atoms with Gasteiger partial charge in [0.2, 0.25) is 0 Å². The average molecular weight is 211 g/mol. The molecule has 0 spiro atoms. The van der Waals surface area contributed by atoms with Crippen LogP contribution in [-0.4, -0.2) is 35.6 Å². The predicted octanol–water partition coefficient (Wildman–Crippen LogP) is 1.26. The Hall–Kier alpha value is -0.870. The largest absolute Gasteiger partial charge is 0.395 e. The van der Waals surface area contributed by atoms with Gasteiger partial charge in [0, 0.05) is 13.1 Å². The molecule has 1 N–H and O–H groups in total. The second kappa shape index (κ2) is 5.12. The van der Waals surface area contributed by atoms with Crippen molar-refractivity contribution in [3.63, 3.8) is 0 Å². The summed E-state index contributed by atoms with van der Waals surface area (Å²) >= 11 is 1.33. The van der Waals surface area contributed by atoms with Crippen molar-refractivity contribution in [3.05, 3.63) is 28.8 Å².